The summed E-state index contributed by atoms with van der Waals surface area (Å²) < 4.78 is 5.13. The Balaban J connectivity index is 2.07. The molecule has 0 saturated carbocycles. The highest BCUT2D eigenvalue weighted by Crippen LogP contribution is 2.20. The highest BCUT2D eigenvalue weighted by Gasteiger charge is 2.19. The lowest BCUT2D eigenvalue weighted by Crippen LogP contribution is -2.34. The number of phenolic OH excluding ortho intramolecular Hbond substituents is 2. The molecule has 2 rings (SSSR count). The number of ether oxygens (including phenoxy) is 1. The topological polar surface area (TPSA) is 78.8 Å². The highest BCUT2D eigenvalue weighted by molar-refractivity contribution is 5.95. The minimum atomic E-state index is -0.318. The van der Waals surface area contributed by atoms with Crippen LogP contribution in [0.25, 0.3) is 0 Å². The zero-order chi connectivity index (χ0) is 11.5. The molecule has 1 heterocycles. The fourth-order valence-corrected chi connectivity index (χ4v) is 1.64. The zero-order valence-corrected chi connectivity index (χ0v) is 8.64. The first-order chi connectivity index (χ1) is 7.65. The van der Waals surface area contributed by atoms with Crippen LogP contribution >= 0.6 is 0 Å². The molecule has 1 aliphatic heterocycles. The molecule has 0 aromatic heterocycles. The fourth-order valence-electron chi connectivity index (χ4n) is 1.64. The van der Waals surface area contributed by atoms with Gasteiger partial charge in [-0.1, -0.05) is 0 Å². The van der Waals surface area contributed by atoms with Gasteiger partial charge in [0, 0.05) is 18.2 Å². The molecule has 5 nitrogen and oxygen atoms in total. The van der Waals surface area contributed by atoms with Crippen LogP contribution in [0.4, 0.5) is 0 Å². The van der Waals surface area contributed by atoms with Crippen LogP contribution in [-0.2, 0) is 4.74 Å². The maximum Gasteiger partial charge on any atom is 0.251 e. The number of rotatable bonds is 2. The number of amides is 1. The van der Waals surface area contributed by atoms with E-state index in [1.807, 2.05) is 0 Å². The maximum atomic E-state index is 11.7. The van der Waals surface area contributed by atoms with Gasteiger partial charge in [0.05, 0.1) is 12.6 Å². The van der Waals surface area contributed by atoms with Crippen molar-refractivity contribution in [2.45, 2.75) is 12.5 Å². The Morgan fingerprint density at radius 2 is 2.00 bits per heavy atom. The van der Waals surface area contributed by atoms with E-state index < -0.39 is 0 Å². The minimum Gasteiger partial charge on any atom is -0.508 e. The van der Waals surface area contributed by atoms with Crippen LogP contribution in [-0.4, -0.2) is 35.4 Å². The average Bonchev–Trinajstić information content (AvgIpc) is 2.68. The molecular weight excluding hydrogens is 210 g/mol. The van der Waals surface area contributed by atoms with Gasteiger partial charge >= 0.3 is 0 Å². The lowest BCUT2D eigenvalue weighted by molar-refractivity contribution is 0.0929. The minimum absolute atomic E-state index is 0.0111. The maximum absolute atomic E-state index is 11.7. The third-order valence-corrected chi connectivity index (χ3v) is 2.43. The van der Waals surface area contributed by atoms with Gasteiger partial charge in [-0.2, -0.15) is 0 Å². The van der Waals surface area contributed by atoms with Crippen LogP contribution in [0.5, 0.6) is 11.5 Å². The third-order valence-electron chi connectivity index (χ3n) is 2.43. The molecule has 1 saturated heterocycles. The number of nitrogens with one attached hydrogen (secondary N) is 1. The van der Waals surface area contributed by atoms with Crippen molar-refractivity contribution in [3.05, 3.63) is 23.8 Å². The summed E-state index contributed by atoms with van der Waals surface area (Å²) in [7, 11) is 0. The Labute approximate surface area is 92.7 Å². The van der Waals surface area contributed by atoms with Gasteiger partial charge in [0.15, 0.2) is 0 Å². The molecular formula is C11H13NO4. The monoisotopic (exact) mass is 223 g/mol. The number of benzene rings is 1. The molecule has 0 unspecified atom stereocenters. The average molecular weight is 223 g/mol. The number of phenols is 2. The lowest BCUT2D eigenvalue weighted by atomic mass is 10.1. The smallest absolute Gasteiger partial charge is 0.251 e. The number of carbonyl (C=O) groups is 1. The quantitative estimate of drug-likeness (QED) is 0.686. The van der Waals surface area contributed by atoms with Gasteiger partial charge in [-0.05, 0) is 18.6 Å². The molecule has 86 valence electrons. The van der Waals surface area contributed by atoms with E-state index in [4.69, 9.17) is 4.74 Å². The number of hydrogen-bond acceptors (Lipinski definition) is 4. The van der Waals surface area contributed by atoms with Crippen LogP contribution in [0.15, 0.2) is 18.2 Å². The Morgan fingerprint density at radius 1 is 1.31 bits per heavy atom. The second-order valence-corrected chi connectivity index (χ2v) is 3.77. The van der Waals surface area contributed by atoms with E-state index in [0.29, 0.717) is 13.2 Å². The molecule has 0 bridgehead atoms. The van der Waals surface area contributed by atoms with Crippen LogP contribution < -0.4 is 5.32 Å². The van der Waals surface area contributed by atoms with Crippen molar-refractivity contribution in [1.29, 1.82) is 0 Å². The van der Waals surface area contributed by atoms with Gasteiger partial charge in [-0.3, -0.25) is 4.79 Å². The number of aromatic hydroxyl groups is 2. The Morgan fingerprint density at radius 3 is 2.56 bits per heavy atom. The second kappa shape index (κ2) is 4.40. The summed E-state index contributed by atoms with van der Waals surface area (Å²) in [5, 5.41) is 21.2. The predicted molar refractivity (Wildman–Crippen MR) is 56.5 cm³/mol. The molecule has 1 aromatic carbocycles. The zero-order valence-electron chi connectivity index (χ0n) is 8.64. The normalized spacial score (nSPS) is 19.6. The van der Waals surface area contributed by atoms with Crippen LogP contribution in [0.1, 0.15) is 16.8 Å². The molecule has 0 aliphatic carbocycles. The van der Waals surface area contributed by atoms with E-state index in [9.17, 15) is 15.0 Å². The predicted octanol–water partition coefficient (Wildman–Crippen LogP) is 0.616. The van der Waals surface area contributed by atoms with E-state index in [0.717, 1.165) is 6.42 Å². The Kier molecular flexibility index (Phi) is 2.96. The van der Waals surface area contributed by atoms with Crippen molar-refractivity contribution >= 4 is 5.91 Å². The van der Waals surface area contributed by atoms with E-state index in [-0.39, 0.29) is 29.0 Å². The van der Waals surface area contributed by atoms with Crippen LogP contribution in [0.3, 0.4) is 0 Å². The first kappa shape index (κ1) is 10.8. The summed E-state index contributed by atoms with van der Waals surface area (Å²) in [6.45, 7) is 1.16. The van der Waals surface area contributed by atoms with E-state index in [1.165, 1.54) is 18.2 Å². The summed E-state index contributed by atoms with van der Waals surface area (Å²) in [4.78, 5) is 11.7. The second-order valence-electron chi connectivity index (χ2n) is 3.77. The first-order valence-electron chi connectivity index (χ1n) is 5.07. The van der Waals surface area contributed by atoms with Gasteiger partial charge in [0.1, 0.15) is 11.5 Å². The molecule has 1 fully saturated rings. The van der Waals surface area contributed by atoms with E-state index >= 15 is 0 Å². The van der Waals surface area contributed by atoms with Crippen molar-refractivity contribution < 1.29 is 19.7 Å². The van der Waals surface area contributed by atoms with Gasteiger partial charge in [-0.15, -0.1) is 0 Å². The van der Waals surface area contributed by atoms with E-state index in [2.05, 4.69) is 5.32 Å². The van der Waals surface area contributed by atoms with Crippen molar-refractivity contribution in [3.8, 4) is 11.5 Å². The molecule has 0 spiro atoms. The standard InChI is InChI=1S/C11H13NO4/c13-9-3-7(4-10(14)5-9)11(15)12-8-1-2-16-6-8/h3-5,8,13-14H,1-2,6H2,(H,12,15)/t8-/m0/s1. The van der Waals surface area contributed by atoms with Crippen molar-refractivity contribution in [1.82, 2.24) is 5.32 Å². The summed E-state index contributed by atoms with van der Waals surface area (Å²) in [5.41, 5.74) is 0.240. The third kappa shape index (κ3) is 2.43. The lowest BCUT2D eigenvalue weighted by Gasteiger charge is -2.10. The summed E-state index contributed by atoms with van der Waals surface area (Å²) >= 11 is 0. The van der Waals surface area contributed by atoms with Crippen LogP contribution in [0.2, 0.25) is 0 Å². The summed E-state index contributed by atoms with van der Waals surface area (Å²) in [6, 6.07) is 3.81. The van der Waals surface area contributed by atoms with E-state index in [1.54, 1.807) is 0 Å². The van der Waals surface area contributed by atoms with Gasteiger partial charge < -0.3 is 20.3 Å². The molecule has 0 radical (unpaired) electrons. The van der Waals surface area contributed by atoms with Gasteiger partial charge in [0.25, 0.3) is 5.91 Å². The molecule has 3 N–H and O–H groups in total. The molecule has 1 atom stereocenters. The molecule has 5 heteroatoms. The molecule has 1 aromatic rings. The van der Waals surface area contributed by atoms with Crippen molar-refractivity contribution in [3.63, 3.8) is 0 Å². The summed E-state index contributed by atoms with van der Waals surface area (Å²) in [5.74, 6) is -0.581. The van der Waals surface area contributed by atoms with Crippen molar-refractivity contribution in [2.75, 3.05) is 13.2 Å². The van der Waals surface area contributed by atoms with Gasteiger partial charge in [-0.25, -0.2) is 0 Å². The molecule has 1 amide bonds. The Hall–Kier alpha value is -1.75. The Bertz CT molecular complexity index is 379. The van der Waals surface area contributed by atoms with Crippen molar-refractivity contribution in [2.24, 2.45) is 0 Å². The van der Waals surface area contributed by atoms with Gasteiger partial charge in [0.2, 0.25) is 0 Å². The molecule has 1 aliphatic rings. The van der Waals surface area contributed by atoms with Crippen LogP contribution in [0, 0.1) is 0 Å². The number of carbonyl (C=O) groups excluding carboxylic acids is 1. The first-order valence-corrected chi connectivity index (χ1v) is 5.07. The summed E-state index contributed by atoms with van der Waals surface area (Å²) in [6.07, 6.45) is 0.788. The highest BCUT2D eigenvalue weighted by atomic mass is 16.5. The SMILES string of the molecule is O=C(N[C@H]1CCOC1)c1cc(O)cc(O)c1. The number of hydrogen-bond donors (Lipinski definition) is 3. The molecule has 16 heavy (non-hydrogen) atoms. The largest absolute Gasteiger partial charge is 0.508 e. The fraction of sp³-hybridized carbons (Fsp3) is 0.364.